The second kappa shape index (κ2) is 3.70. The lowest BCUT2D eigenvalue weighted by Crippen LogP contribution is -2.43. The van der Waals surface area contributed by atoms with E-state index in [2.05, 4.69) is 0 Å². The summed E-state index contributed by atoms with van der Waals surface area (Å²) >= 11 is 0. The maximum atomic E-state index is 11.6. The molecule has 0 spiro atoms. The van der Waals surface area contributed by atoms with E-state index in [1.165, 1.54) is 6.42 Å². The number of hydrogen-bond acceptors (Lipinski definition) is 2. The molecule has 2 aliphatic carbocycles. The van der Waals surface area contributed by atoms with Crippen molar-refractivity contribution in [3.8, 4) is 0 Å². The normalized spacial score (nSPS) is 30.6. The molecule has 0 aromatic carbocycles. The van der Waals surface area contributed by atoms with Gasteiger partial charge in [-0.05, 0) is 18.9 Å². The first-order valence-electron chi connectivity index (χ1n) is 5.33. The van der Waals surface area contributed by atoms with Crippen molar-refractivity contribution in [3.63, 3.8) is 0 Å². The summed E-state index contributed by atoms with van der Waals surface area (Å²) in [6, 6.07) is 0. The number of hydrogen-bond donors (Lipinski definition) is 1. The molecule has 1 unspecified atom stereocenters. The van der Waals surface area contributed by atoms with Gasteiger partial charge in [0.2, 0.25) is 0 Å². The number of allylic oxidation sites excluding steroid dienone is 3. The first-order valence-corrected chi connectivity index (χ1v) is 5.33. The molecule has 0 saturated heterocycles. The highest BCUT2D eigenvalue weighted by atomic mass is 16.3. The van der Waals surface area contributed by atoms with Gasteiger partial charge in [-0.25, -0.2) is 0 Å². The van der Waals surface area contributed by atoms with Gasteiger partial charge in [0.25, 0.3) is 0 Å². The number of carbonyl (C=O) groups excluding carboxylic acids is 1. The first kappa shape index (κ1) is 9.66. The van der Waals surface area contributed by atoms with E-state index < -0.39 is 5.60 Å². The maximum Gasteiger partial charge on any atom is 0.165 e. The molecule has 14 heavy (non-hydrogen) atoms. The second-order valence-electron chi connectivity index (χ2n) is 4.29. The smallest absolute Gasteiger partial charge is 0.165 e. The molecule has 2 aliphatic rings. The van der Waals surface area contributed by atoms with Crippen LogP contribution in [0.4, 0.5) is 0 Å². The van der Waals surface area contributed by atoms with Gasteiger partial charge in [-0.3, -0.25) is 4.79 Å². The lowest BCUT2D eigenvalue weighted by Gasteiger charge is -2.37. The summed E-state index contributed by atoms with van der Waals surface area (Å²) in [5.41, 5.74) is -0.767. The minimum Gasteiger partial charge on any atom is -0.389 e. The average Bonchev–Trinajstić information content (AvgIpc) is 2.19. The zero-order valence-corrected chi connectivity index (χ0v) is 8.28. The third-order valence-electron chi connectivity index (χ3n) is 3.28. The largest absolute Gasteiger partial charge is 0.389 e. The van der Waals surface area contributed by atoms with E-state index in [9.17, 15) is 9.90 Å². The standard InChI is InChI=1S/C12H16O2/c13-11-7-3-2-6-10(11)12(14)8-4-1-5-9-12/h2-3,6-7,10,14H,1,4-5,8-9H2. The fourth-order valence-electron chi connectivity index (χ4n) is 2.44. The van der Waals surface area contributed by atoms with Crippen molar-refractivity contribution in [2.24, 2.45) is 5.92 Å². The summed E-state index contributed by atoms with van der Waals surface area (Å²) in [6.07, 6.45) is 11.8. The van der Waals surface area contributed by atoms with Gasteiger partial charge in [-0.2, -0.15) is 0 Å². The van der Waals surface area contributed by atoms with Crippen molar-refractivity contribution in [2.45, 2.75) is 37.7 Å². The van der Waals surface area contributed by atoms with Crippen molar-refractivity contribution >= 4 is 5.78 Å². The minimum atomic E-state index is -0.767. The van der Waals surface area contributed by atoms with E-state index >= 15 is 0 Å². The van der Waals surface area contributed by atoms with E-state index in [0.29, 0.717) is 0 Å². The zero-order valence-electron chi connectivity index (χ0n) is 8.28. The molecule has 0 aromatic heterocycles. The highest BCUT2D eigenvalue weighted by Gasteiger charge is 2.39. The Labute approximate surface area is 84.3 Å². The second-order valence-corrected chi connectivity index (χ2v) is 4.29. The number of rotatable bonds is 1. The summed E-state index contributed by atoms with van der Waals surface area (Å²) in [4.78, 5) is 11.6. The number of ketones is 1. The van der Waals surface area contributed by atoms with Gasteiger partial charge in [0.15, 0.2) is 5.78 Å². The molecule has 1 N–H and O–H groups in total. The van der Waals surface area contributed by atoms with E-state index in [4.69, 9.17) is 0 Å². The van der Waals surface area contributed by atoms with Crippen LogP contribution in [0, 0.1) is 5.92 Å². The van der Waals surface area contributed by atoms with Crippen LogP contribution in [0.5, 0.6) is 0 Å². The van der Waals surface area contributed by atoms with Gasteiger partial charge in [0.05, 0.1) is 11.5 Å². The van der Waals surface area contributed by atoms with Crippen LogP contribution in [0.3, 0.4) is 0 Å². The molecule has 0 amide bonds. The lowest BCUT2D eigenvalue weighted by molar-refractivity contribution is -0.126. The molecule has 2 heteroatoms. The van der Waals surface area contributed by atoms with E-state index in [0.717, 1.165) is 25.7 Å². The van der Waals surface area contributed by atoms with Gasteiger partial charge in [0, 0.05) is 0 Å². The predicted molar refractivity (Wildman–Crippen MR) is 54.8 cm³/mol. The van der Waals surface area contributed by atoms with Crippen LogP contribution in [-0.2, 0) is 4.79 Å². The van der Waals surface area contributed by atoms with Crippen molar-refractivity contribution in [1.82, 2.24) is 0 Å². The van der Waals surface area contributed by atoms with Crippen LogP contribution >= 0.6 is 0 Å². The van der Waals surface area contributed by atoms with Crippen LogP contribution in [0.25, 0.3) is 0 Å². The molecule has 1 saturated carbocycles. The number of carbonyl (C=O) groups is 1. The molecular formula is C12H16O2. The fraction of sp³-hybridized carbons (Fsp3) is 0.583. The zero-order chi connectivity index (χ0) is 10.0. The SMILES string of the molecule is O=C1C=CC=CC1C1(O)CCCCC1. The van der Waals surface area contributed by atoms with E-state index in [-0.39, 0.29) is 11.7 Å². The van der Waals surface area contributed by atoms with Gasteiger partial charge >= 0.3 is 0 Å². The molecule has 0 radical (unpaired) electrons. The molecule has 0 aromatic rings. The van der Waals surface area contributed by atoms with Crippen molar-refractivity contribution in [1.29, 1.82) is 0 Å². The summed E-state index contributed by atoms with van der Waals surface area (Å²) in [5.74, 6) is -0.246. The average molecular weight is 192 g/mol. The van der Waals surface area contributed by atoms with Gasteiger partial charge in [-0.1, -0.05) is 37.5 Å². The van der Waals surface area contributed by atoms with Crippen LogP contribution in [0.1, 0.15) is 32.1 Å². The van der Waals surface area contributed by atoms with E-state index in [1.54, 1.807) is 12.2 Å². The Morgan fingerprint density at radius 1 is 1.21 bits per heavy atom. The Bertz CT molecular complexity index is 283. The van der Waals surface area contributed by atoms with Crippen LogP contribution in [0.15, 0.2) is 24.3 Å². The third kappa shape index (κ3) is 1.67. The number of aliphatic hydroxyl groups is 1. The molecule has 76 valence electrons. The third-order valence-corrected chi connectivity index (χ3v) is 3.28. The predicted octanol–water partition coefficient (Wildman–Crippen LogP) is 1.99. The van der Waals surface area contributed by atoms with Gasteiger partial charge < -0.3 is 5.11 Å². The maximum absolute atomic E-state index is 11.6. The van der Waals surface area contributed by atoms with Crippen LogP contribution in [-0.4, -0.2) is 16.5 Å². The Balaban J connectivity index is 2.16. The minimum absolute atomic E-state index is 0.0527. The lowest BCUT2D eigenvalue weighted by atomic mass is 9.73. The van der Waals surface area contributed by atoms with Crippen molar-refractivity contribution in [3.05, 3.63) is 24.3 Å². The highest BCUT2D eigenvalue weighted by Crippen LogP contribution is 2.36. The van der Waals surface area contributed by atoms with Crippen LogP contribution < -0.4 is 0 Å². The topological polar surface area (TPSA) is 37.3 Å². The molecular weight excluding hydrogens is 176 g/mol. The Hall–Kier alpha value is -0.890. The summed E-state index contributed by atoms with van der Waals surface area (Å²) < 4.78 is 0. The van der Waals surface area contributed by atoms with Gasteiger partial charge in [0.1, 0.15) is 0 Å². The molecule has 1 fully saturated rings. The molecule has 0 heterocycles. The monoisotopic (exact) mass is 192 g/mol. The Kier molecular flexibility index (Phi) is 2.55. The highest BCUT2D eigenvalue weighted by molar-refractivity contribution is 5.95. The molecule has 2 nitrogen and oxygen atoms in total. The van der Waals surface area contributed by atoms with Gasteiger partial charge in [-0.15, -0.1) is 0 Å². The summed E-state index contributed by atoms with van der Waals surface area (Å²) in [6.45, 7) is 0. The quantitative estimate of drug-likeness (QED) is 0.690. The van der Waals surface area contributed by atoms with E-state index in [1.807, 2.05) is 12.2 Å². The fourth-order valence-corrected chi connectivity index (χ4v) is 2.44. The Morgan fingerprint density at radius 3 is 2.57 bits per heavy atom. The van der Waals surface area contributed by atoms with Crippen LogP contribution in [0.2, 0.25) is 0 Å². The molecule has 0 aliphatic heterocycles. The molecule has 0 bridgehead atoms. The van der Waals surface area contributed by atoms with Crippen molar-refractivity contribution < 1.29 is 9.90 Å². The summed E-state index contributed by atoms with van der Waals surface area (Å²) in [5, 5.41) is 10.4. The first-order chi connectivity index (χ1) is 6.72. The van der Waals surface area contributed by atoms with Crippen molar-refractivity contribution in [2.75, 3.05) is 0 Å². The molecule has 2 rings (SSSR count). The summed E-state index contributed by atoms with van der Waals surface area (Å²) in [7, 11) is 0. The molecule has 1 atom stereocenters. The Morgan fingerprint density at radius 2 is 1.93 bits per heavy atom.